The molecule has 0 aromatic heterocycles. The quantitative estimate of drug-likeness (QED) is 0.633. The summed E-state index contributed by atoms with van der Waals surface area (Å²) in [7, 11) is 1.28. The van der Waals surface area contributed by atoms with Crippen molar-refractivity contribution in [3.8, 4) is 0 Å². The minimum Gasteiger partial charge on any atom is -0.467 e. The number of carbonyl (C=O) groups is 3. The zero-order chi connectivity index (χ0) is 22.9. The smallest absolute Gasteiger partial charge is 0.407 e. The highest BCUT2D eigenvalue weighted by Gasteiger charge is 2.28. The van der Waals surface area contributed by atoms with Gasteiger partial charge in [0.15, 0.2) is 0 Å². The van der Waals surface area contributed by atoms with Gasteiger partial charge >= 0.3 is 12.1 Å². The predicted octanol–water partition coefficient (Wildman–Crippen LogP) is 3.20. The van der Waals surface area contributed by atoms with Crippen molar-refractivity contribution in [2.75, 3.05) is 13.7 Å². The summed E-state index contributed by atoms with van der Waals surface area (Å²) in [4.78, 5) is 37.6. The van der Waals surface area contributed by atoms with E-state index in [1.807, 2.05) is 48.5 Å². The van der Waals surface area contributed by atoms with Crippen LogP contribution in [-0.4, -0.2) is 43.3 Å². The summed E-state index contributed by atoms with van der Waals surface area (Å²) in [5, 5.41) is 5.43. The monoisotopic (exact) mass is 426 g/mol. The number of rotatable bonds is 8. The van der Waals surface area contributed by atoms with Crippen LogP contribution in [0.25, 0.3) is 0 Å². The summed E-state index contributed by atoms with van der Waals surface area (Å²) >= 11 is 0. The molecule has 0 saturated carbocycles. The number of alkyl carbamates (subject to hydrolysis) is 1. The molecular weight excluding hydrogens is 396 g/mol. The number of ether oxygens (including phenoxy) is 2. The summed E-state index contributed by atoms with van der Waals surface area (Å²) in [5.41, 5.74) is 0.945. The number of carbonyl (C=O) groups excluding carboxylic acids is 3. The summed E-state index contributed by atoms with van der Waals surface area (Å²) in [6, 6.07) is 17.6. The largest absolute Gasteiger partial charge is 0.467 e. The topological polar surface area (TPSA) is 93.7 Å². The van der Waals surface area contributed by atoms with Gasteiger partial charge in [-0.05, 0) is 31.9 Å². The van der Waals surface area contributed by atoms with Crippen molar-refractivity contribution in [1.29, 1.82) is 0 Å². The second-order valence-corrected chi connectivity index (χ2v) is 8.12. The molecule has 0 radical (unpaired) electrons. The van der Waals surface area contributed by atoms with Crippen LogP contribution in [0.2, 0.25) is 0 Å². The molecule has 0 saturated heterocycles. The first-order chi connectivity index (χ1) is 14.7. The van der Waals surface area contributed by atoms with E-state index in [1.54, 1.807) is 32.9 Å². The highest BCUT2D eigenvalue weighted by molar-refractivity contribution is 5.89. The molecule has 2 amide bonds. The number of nitrogens with one attached hydrogen (secondary N) is 2. The van der Waals surface area contributed by atoms with Gasteiger partial charge in [-0.3, -0.25) is 4.79 Å². The van der Waals surface area contributed by atoms with Crippen LogP contribution in [0.4, 0.5) is 4.79 Å². The fraction of sp³-hybridized carbons (Fsp3) is 0.375. The fourth-order valence-corrected chi connectivity index (χ4v) is 3.00. The first kappa shape index (κ1) is 23.9. The minimum absolute atomic E-state index is 0.0178. The van der Waals surface area contributed by atoms with Gasteiger partial charge in [0.2, 0.25) is 5.91 Å². The molecule has 166 valence electrons. The standard InChI is InChI=1S/C24H30N2O5/c1-24(2,3)31-23(29)25-16-19(18-13-9-6-10-14-18)21(27)26-20(22(28)30-4)15-17-11-7-5-8-12-17/h5-14,19-20H,15-16H2,1-4H3,(H,25,29)(H,26,27)/t19?,20-/m0/s1. The number of hydrogen-bond acceptors (Lipinski definition) is 5. The molecule has 2 aromatic rings. The first-order valence-corrected chi connectivity index (χ1v) is 10.1. The molecule has 0 heterocycles. The molecule has 0 aliphatic carbocycles. The zero-order valence-corrected chi connectivity index (χ0v) is 18.4. The van der Waals surface area contributed by atoms with Crippen molar-refractivity contribution in [1.82, 2.24) is 10.6 Å². The SMILES string of the molecule is COC(=O)[C@H](Cc1ccccc1)NC(=O)C(CNC(=O)OC(C)(C)C)c1ccccc1. The van der Waals surface area contributed by atoms with Crippen LogP contribution < -0.4 is 10.6 Å². The third-order valence-electron chi connectivity index (χ3n) is 4.45. The van der Waals surface area contributed by atoms with Crippen molar-refractivity contribution in [2.24, 2.45) is 0 Å². The van der Waals surface area contributed by atoms with Gasteiger partial charge in [-0.1, -0.05) is 60.7 Å². The third kappa shape index (κ3) is 8.12. The number of hydrogen-bond donors (Lipinski definition) is 2. The molecule has 2 aromatic carbocycles. The van der Waals surface area contributed by atoms with E-state index < -0.39 is 35.5 Å². The Morgan fingerprint density at radius 1 is 0.935 bits per heavy atom. The maximum atomic E-state index is 13.2. The van der Waals surface area contributed by atoms with Gasteiger partial charge < -0.3 is 20.1 Å². The molecule has 7 nitrogen and oxygen atoms in total. The van der Waals surface area contributed by atoms with Crippen LogP contribution in [-0.2, 0) is 25.5 Å². The van der Waals surface area contributed by atoms with Crippen molar-refractivity contribution in [3.63, 3.8) is 0 Å². The van der Waals surface area contributed by atoms with E-state index in [4.69, 9.17) is 9.47 Å². The van der Waals surface area contributed by atoms with Crippen LogP contribution in [0, 0.1) is 0 Å². The van der Waals surface area contributed by atoms with Crippen molar-refractivity contribution < 1.29 is 23.9 Å². The lowest BCUT2D eigenvalue weighted by Crippen LogP contribution is -2.47. The predicted molar refractivity (Wildman–Crippen MR) is 118 cm³/mol. The Bertz CT molecular complexity index is 863. The molecule has 7 heteroatoms. The molecule has 2 rings (SSSR count). The van der Waals surface area contributed by atoms with Gasteiger partial charge in [0, 0.05) is 13.0 Å². The Morgan fingerprint density at radius 2 is 1.52 bits per heavy atom. The molecule has 0 aliphatic rings. The average molecular weight is 427 g/mol. The van der Waals surface area contributed by atoms with Crippen molar-refractivity contribution in [2.45, 2.75) is 44.8 Å². The lowest BCUT2D eigenvalue weighted by molar-refractivity contribution is -0.145. The highest BCUT2D eigenvalue weighted by atomic mass is 16.6. The Morgan fingerprint density at radius 3 is 2.06 bits per heavy atom. The summed E-state index contributed by atoms with van der Waals surface area (Å²) in [6.07, 6.45) is -0.324. The normalized spacial score (nSPS) is 12.9. The van der Waals surface area contributed by atoms with Crippen molar-refractivity contribution in [3.05, 3.63) is 71.8 Å². The van der Waals surface area contributed by atoms with Gasteiger partial charge in [0.1, 0.15) is 11.6 Å². The van der Waals surface area contributed by atoms with E-state index in [0.717, 1.165) is 5.56 Å². The maximum Gasteiger partial charge on any atom is 0.407 e. The lowest BCUT2D eigenvalue weighted by atomic mass is 9.97. The second kappa shape index (κ2) is 11.2. The summed E-state index contributed by atoms with van der Waals surface area (Å²) in [6.45, 7) is 5.31. The van der Waals surface area contributed by atoms with E-state index in [9.17, 15) is 14.4 Å². The molecule has 2 atom stereocenters. The third-order valence-corrected chi connectivity index (χ3v) is 4.45. The van der Waals surface area contributed by atoms with Gasteiger partial charge in [0.25, 0.3) is 0 Å². The molecule has 2 N–H and O–H groups in total. The van der Waals surface area contributed by atoms with Crippen LogP contribution in [0.5, 0.6) is 0 Å². The molecule has 1 unspecified atom stereocenters. The minimum atomic E-state index is -0.854. The van der Waals surface area contributed by atoms with E-state index in [1.165, 1.54) is 7.11 Å². The molecule has 0 bridgehead atoms. The average Bonchev–Trinajstić information content (AvgIpc) is 2.73. The van der Waals surface area contributed by atoms with E-state index in [2.05, 4.69) is 10.6 Å². The van der Waals surface area contributed by atoms with Gasteiger partial charge in [-0.2, -0.15) is 0 Å². The van der Waals surface area contributed by atoms with Crippen LogP contribution in [0.1, 0.15) is 37.8 Å². The number of esters is 1. The van der Waals surface area contributed by atoms with E-state index in [-0.39, 0.29) is 6.54 Å². The fourth-order valence-electron chi connectivity index (χ4n) is 3.00. The van der Waals surface area contributed by atoms with Crippen LogP contribution >= 0.6 is 0 Å². The van der Waals surface area contributed by atoms with Crippen LogP contribution in [0.15, 0.2) is 60.7 Å². The molecule has 0 spiro atoms. The zero-order valence-electron chi connectivity index (χ0n) is 18.4. The Kier molecular flexibility index (Phi) is 8.61. The molecule has 0 aliphatic heterocycles. The highest BCUT2D eigenvalue weighted by Crippen LogP contribution is 2.17. The Balaban J connectivity index is 2.16. The van der Waals surface area contributed by atoms with Crippen LogP contribution in [0.3, 0.4) is 0 Å². The summed E-state index contributed by atoms with van der Waals surface area (Å²) in [5.74, 6) is -1.64. The van der Waals surface area contributed by atoms with Crippen molar-refractivity contribution >= 4 is 18.0 Å². The van der Waals surface area contributed by atoms with E-state index >= 15 is 0 Å². The number of benzene rings is 2. The first-order valence-electron chi connectivity index (χ1n) is 10.1. The second-order valence-electron chi connectivity index (χ2n) is 8.12. The van der Waals surface area contributed by atoms with E-state index in [0.29, 0.717) is 12.0 Å². The lowest BCUT2D eigenvalue weighted by Gasteiger charge is -2.24. The number of methoxy groups -OCH3 is 1. The van der Waals surface area contributed by atoms with Gasteiger partial charge in [-0.25, -0.2) is 9.59 Å². The number of amides is 2. The van der Waals surface area contributed by atoms with Gasteiger partial charge in [-0.15, -0.1) is 0 Å². The Labute approximate surface area is 183 Å². The summed E-state index contributed by atoms with van der Waals surface area (Å²) < 4.78 is 10.1. The van der Waals surface area contributed by atoms with Gasteiger partial charge in [0.05, 0.1) is 13.0 Å². The molecule has 31 heavy (non-hydrogen) atoms. The maximum absolute atomic E-state index is 13.2. The molecule has 0 fully saturated rings. The Hall–Kier alpha value is -3.35. The molecular formula is C24H30N2O5.